The molecule has 0 atom stereocenters. The largest absolute Gasteiger partial charge is 0.497 e. The first-order valence-electron chi connectivity index (χ1n) is 7.01. The number of carbonyl (C=O) groups is 1. The average Bonchev–Trinajstić information content (AvgIpc) is 2.80. The number of likely N-dealkylation sites (N-methyl/N-ethyl adjacent to an activating group) is 1. The average molecular weight is 287 g/mol. The smallest absolute Gasteiger partial charge is 0.231 e. The molecular weight excluding hydrogens is 266 g/mol. The molecule has 21 heavy (non-hydrogen) atoms. The predicted molar refractivity (Wildman–Crippen MR) is 82.8 cm³/mol. The minimum atomic E-state index is 0.0651. The maximum absolute atomic E-state index is 12.6. The summed E-state index contributed by atoms with van der Waals surface area (Å²) >= 11 is 0. The molecule has 1 aromatic carbocycles. The minimum Gasteiger partial charge on any atom is -0.497 e. The maximum Gasteiger partial charge on any atom is 0.231 e. The van der Waals surface area contributed by atoms with Crippen molar-refractivity contribution in [2.45, 2.75) is 27.2 Å². The Morgan fingerprint density at radius 3 is 2.43 bits per heavy atom. The van der Waals surface area contributed by atoms with Gasteiger partial charge in [-0.2, -0.15) is 5.10 Å². The molecule has 0 unspecified atom stereocenters. The number of nitrogens with one attached hydrogen (secondary N) is 1. The van der Waals surface area contributed by atoms with Crippen molar-refractivity contribution in [3.05, 3.63) is 41.2 Å². The summed E-state index contributed by atoms with van der Waals surface area (Å²) in [6.07, 6.45) is 0.355. The topological polar surface area (TPSA) is 58.2 Å². The summed E-state index contributed by atoms with van der Waals surface area (Å²) < 4.78 is 5.14. The van der Waals surface area contributed by atoms with Gasteiger partial charge in [0.2, 0.25) is 5.91 Å². The molecular formula is C16H21N3O2. The standard InChI is InChI=1S/C16H21N3O2/c1-5-19(13-6-8-14(21-4)9-7-13)16(20)10-15-11(2)17-18-12(15)3/h6-9H,5,10H2,1-4H3,(H,17,18). The molecule has 112 valence electrons. The van der Waals surface area contributed by atoms with Crippen LogP contribution < -0.4 is 9.64 Å². The lowest BCUT2D eigenvalue weighted by Gasteiger charge is -2.21. The molecule has 1 heterocycles. The molecule has 1 N–H and O–H groups in total. The molecule has 0 saturated carbocycles. The lowest BCUT2D eigenvalue weighted by atomic mass is 10.1. The number of benzene rings is 1. The summed E-state index contributed by atoms with van der Waals surface area (Å²) in [7, 11) is 1.63. The van der Waals surface area contributed by atoms with E-state index in [2.05, 4.69) is 10.2 Å². The Labute approximate surface area is 124 Å². The van der Waals surface area contributed by atoms with Gasteiger partial charge >= 0.3 is 0 Å². The number of rotatable bonds is 5. The summed E-state index contributed by atoms with van der Waals surface area (Å²) in [5.41, 5.74) is 3.69. The third kappa shape index (κ3) is 3.24. The monoisotopic (exact) mass is 287 g/mol. The number of anilines is 1. The Bertz CT molecular complexity index is 597. The van der Waals surface area contributed by atoms with Crippen molar-refractivity contribution in [3.63, 3.8) is 0 Å². The third-order valence-electron chi connectivity index (χ3n) is 3.61. The second-order valence-corrected chi connectivity index (χ2v) is 4.93. The summed E-state index contributed by atoms with van der Waals surface area (Å²) in [6, 6.07) is 7.52. The molecule has 2 rings (SSSR count). The first-order valence-corrected chi connectivity index (χ1v) is 7.01. The quantitative estimate of drug-likeness (QED) is 0.919. The van der Waals surface area contributed by atoms with E-state index in [1.807, 2.05) is 45.0 Å². The number of carbonyl (C=O) groups excluding carboxylic acids is 1. The van der Waals surface area contributed by atoms with Crippen LogP contribution in [0.2, 0.25) is 0 Å². The van der Waals surface area contributed by atoms with Crippen LogP contribution in [-0.4, -0.2) is 29.8 Å². The summed E-state index contributed by atoms with van der Waals surface area (Å²) in [5, 5.41) is 7.05. The highest BCUT2D eigenvalue weighted by molar-refractivity contribution is 5.95. The number of hydrogen-bond acceptors (Lipinski definition) is 3. The molecule has 0 spiro atoms. The van der Waals surface area contributed by atoms with Gasteiger partial charge in [-0.3, -0.25) is 9.89 Å². The van der Waals surface area contributed by atoms with Crippen molar-refractivity contribution < 1.29 is 9.53 Å². The maximum atomic E-state index is 12.6. The molecule has 0 radical (unpaired) electrons. The van der Waals surface area contributed by atoms with Crippen LogP contribution in [0.15, 0.2) is 24.3 Å². The van der Waals surface area contributed by atoms with E-state index in [0.29, 0.717) is 13.0 Å². The molecule has 0 saturated heterocycles. The number of hydrogen-bond donors (Lipinski definition) is 1. The van der Waals surface area contributed by atoms with Gasteiger partial charge in [-0.25, -0.2) is 0 Å². The molecule has 0 aliphatic rings. The van der Waals surface area contributed by atoms with Gasteiger partial charge in [0.15, 0.2) is 0 Å². The molecule has 0 bridgehead atoms. The second kappa shape index (κ2) is 6.43. The van der Waals surface area contributed by atoms with Gasteiger partial charge in [0.25, 0.3) is 0 Å². The van der Waals surface area contributed by atoms with Crippen molar-refractivity contribution in [2.24, 2.45) is 0 Å². The normalized spacial score (nSPS) is 10.5. The molecule has 1 aromatic heterocycles. The number of ether oxygens (including phenoxy) is 1. The Balaban J connectivity index is 2.18. The van der Waals surface area contributed by atoms with Crippen LogP contribution in [0.4, 0.5) is 5.69 Å². The zero-order chi connectivity index (χ0) is 15.4. The van der Waals surface area contributed by atoms with E-state index < -0.39 is 0 Å². The predicted octanol–water partition coefficient (Wildman–Crippen LogP) is 2.63. The summed E-state index contributed by atoms with van der Waals surface area (Å²) in [5.74, 6) is 0.846. The number of aromatic nitrogens is 2. The van der Waals surface area contributed by atoms with Crippen molar-refractivity contribution in [1.29, 1.82) is 0 Å². The summed E-state index contributed by atoms with van der Waals surface area (Å²) in [6.45, 7) is 6.44. The van der Waals surface area contributed by atoms with E-state index in [9.17, 15) is 4.79 Å². The van der Waals surface area contributed by atoms with Crippen LogP contribution in [-0.2, 0) is 11.2 Å². The SMILES string of the molecule is CCN(C(=O)Cc1c(C)n[nH]c1C)c1ccc(OC)cc1. The fourth-order valence-corrected chi connectivity index (χ4v) is 2.35. The summed E-state index contributed by atoms with van der Waals surface area (Å²) in [4.78, 5) is 14.3. The third-order valence-corrected chi connectivity index (χ3v) is 3.61. The Kier molecular flexibility index (Phi) is 4.62. The molecule has 5 heteroatoms. The fourth-order valence-electron chi connectivity index (χ4n) is 2.35. The number of aryl methyl sites for hydroxylation is 2. The van der Waals surface area contributed by atoms with Crippen LogP contribution in [0.5, 0.6) is 5.75 Å². The molecule has 0 aliphatic carbocycles. The van der Waals surface area contributed by atoms with E-state index >= 15 is 0 Å². The van der Waals surface area contributed by atoms with E-state index in [1.54, 1.807) is 12.0 Å². The van der Waals surface area contributed by atoms with Gasteiger partial charge in [-0.05, 0) is 45.0 Å². The zero-order valence-electron chi connectivity index (χ0n) is 12.9. The number of nitrogens with zero attached hydrogens (tertiary/aromatic N) is 2. The highest BCUT2D eigenvalue weighted by atomic mass is 16.5. The Morgan fingerprint density at radius 1 is 1.29 bits per heavy atom. The molecule has 1 amide bonds. The lowest BCUT2D eigenvalue weighted by Crippen LogP contribution is -2.32. The van der Waals surface area contributed by atoms with Crippen molar-refractivity contribution in [1.82, 2.24) is 10.2 Å². The number of aromatic amines is 1. The van der Waals surface area contributed by atoms with Gasteiger partial charge in [0, 0.05) is 23.5 Å². The van der Waals surface area contributed by atoms with Crippen LogP contribution in [0.3, 0.4) is 0 Å². The minimum absolute atomic E-state index is 0.0651. The van der Waals surface area contributed by atoms with E-state index in [4.69, 9.17) is 4.74 Å². The zero-order valence-corrected chi connectivity index (χ0v) is 12.9. The van der Waals surface area contributed by atoms with E-state index in [1.165, 1.54) is 0 Å². The first-order chi connectivity index (χ1) is 10.1. The number of amides is 1. The van der Waals surface area contributed by atoms with Gasteiger partial charge in [0.1, 0.15) is 5.75 Å². The van der Waals surface area contributed by atoms with Crippen molar-refractivity contribution >= 4 is 11.6 Å². The van der Waals surface area contributed by atoms with E-state index in [-0.39, 0.29) is 5.91 Å². The Morgan fingerprint density at radius 2 is 1.95 bits per heavy atom. The van der Waals surface area contributed by atoms with Crippen LogP contribution in [0, 0.1) is 13.8 Å². The lowest BCUT2D eigenvalue weighted by molar-refractivity contribution is -0.117. The number of methoxy groups -OCH3 is 1. The van der Waals surface area contributed by atoms with Gasteiger partial charge in [-0.15, -0.1) is 0 Å². The van der Waals surface area contributed by atoms with Crippen LogP contribution in [0.1, 0.15) is 23.9 Å². The highest BCUT2D eigenvalue weighted by Gasteiger charge is 2.18. The molecule has 0 fully saturated rings. The van der Waals surface area contributed by atoms with Crippen LogP contribution in [0.25, 0.3) is 0 Å². The molecule has 5 nitrogen and oxygen atoms in total. The molecule has 2 aromatic rings. The fraction of sp³-hybridized carbons (Fsp3) is 0.375. The van der Waals surface area contributed by atoms with Gasteiger partial charge in [-0.1, -0.05) is 0 Å². The Hall–Kier alpha value is -2.30. The van der Waals surface area contributed by atoms with Gasteiger partial charge < -0.3 is 9.64 Å². The van der Waals surface area contributed by atoms with E-state index in [0.717, 1.165) is 28.4 Å². The van der Waals surface area contributed by atoms with Crippen molar-refractivity contribution in [3.8, 4) is 5.75 Å². The first kappa shape index (κ1) is 15.1. The van der Waals surface area contributed by atoms with Gasteiger partial charge in [0.05, 0.1) is 19.2 Å². The molecule has 0 aliphatic heterocycles. The highest BCUT2D eigenvalue weighted by Crippen LogP contribution is 2.21. The second-order valence-electron chi connectivity index (χ2n) is 4.93. The number of H-pyrrole nitrogens is 1. The van der Waals surface area contributed by atoms with Crippen LogP contribution >= 0.6 is 0 Å². The van der Waals surface area contributed by atoms with Crippen molar-refractivity contribution in [2.75, 3.05) is 18.6 Å².